The number of carbonyl (C=O) groups excluding carboxylic acids is 1. The molecule has 19 heavy (non-hydrogen) atoms. The van der Waals surface area contributed by atoms with Gasteiger partial charge in [-0.25, -0.2) is 4.52 Å². The minimum absolute atomic E-state index is 0.247. The number of aromatic nitrogens is 3. The van der Waals surface area contributed by atoms with Crippen LogP contribution in [0.1, 0.15) is 6.92 Å². The summed E-state index contributed by atoms with van der Waals surface area (Å²) in [7, 11) is 0. The number of rotatable bonds is 5. The third kappa shape index (κ3) is 3.39. The minimum Gasteiger partial charge on any atom is -0.365 e. The van der Waals surface area contributed by atoms with Crippen molar-refractivity contribution in [3.63, 3.8) is 0 Å². The first-order valence-electron chi connectivity index (χ1n) is 5.65. The molecule has 1 atom stereocenters. The molecule has 0 bridgehead atoms. The van der Waals surface area contributed by atoms with Crippen molar-refractivity contribution in [1.29, 1.82) is 0 Å². The Morgan fingerprint density at radius 3 is 3.21 bits per heavy atom. The van der Waals surface area contributed by atoms with Gasteiger partial charge in [0.25, 0.3) is 5.91 Å². The van der Waals surface area contributed by atoms with Crippen molar-refractivity contribution in [2.75, 3.05) is 11.9 Å². The van der Waals surface area contributed by atoms with Crippen molar-refractivity contribution < 1.29 is 9.53 Å². The monoisotopic (exact) mass is 324 g/mol. The number of nitrogens with one attached hydrogen (secondary N) is 1. The standard InChI is InChI=1S/C12H13BrN4O2/c1-3-6-19-8(2)11(18)15-12-14-10-5-4-9(13)7-17(10)16-12/h3-5,7-8H,1,6H2,2H3,(H,15,16,18)/t8-/m1/s1. The first-order chi connectivity index (χ1) is 9.10. The van der Waals surface area contributed by atoms with E-state index in [1.54, 1.807) is 29.8 Å². The van der Waals surface area contributed by atoms with Crippen LogP contribution in [0.3, 0.4) is 0 Å². The van der Waals surface area contributed by atoms with E-state index < -0.39 is 6.10 Å². The molecule has 2 aromatic heterocycles. The highest BCUT2D eigenvalue weighted by Crippen LogP contribution is 2.12. The second-order valence-electron chi connectivity index (χ2n) is 3.84. The van der Waals surface area contributed by atoms with E-state index in [1.165, 1.54) is 0 Å². The van der Waals surface area contributed by atoms with Gasteiger partial charge >= 0.3 is 0 Å². The van der Waals surface area contributed by atoms with E-state index in [-0.39, 0.29) is 11.9 Å². The van der Waals surface area contributed by atoms with Crippen LogP contribution in [0.25, 0.3) is 5.65 Å². The maximum Gasteiger partial charge on any atom is 0.255 e. The van der Waals surface area contributed by atoms with Gasteiger partial charge < -0.3 is 4.74 Å². The molecule has 0 aliphatic carbocycles. The van der Waals surface area contributed by atoms with Crippen molar-refractivity contribution in [3.8, 4) is 0 Å². The van der Waals surface area contributed by atoms with E-state index in [4.69, 9.17) is 4.74 Å². The average molecular weight is 325 g/mol. The number of fused-ring (bicyclic) bond motifs is 1. The lowest BCUT2D eigenvalue weighted by Crippen LogP contribution is -2.28. The smallest absolute Gasteiger partial charge is 0.255 e. The lowest BCUT2D eigenvalue weighted by molar-refractivity contribution is -0.125. The average Bonchev–Trinajstić information content (AvgIpc) is 2.77. The molecule has 7 heteroatoms. The quantitative estimate of drug-likeness (QED) is 0.854. The van der Waals surface area contributed by atoms with Gasteiger partial charge in [-0.3, -0.25) is 10.1 Å². The van der Waals surface area contributed by atoms with Crippen LogP contribution < -0.4 is 5.32 Å². The number of ether oxygens (including phenoxy) is 1. The summed E-state index contributed by atoms with van der Waals surface area (Å²) < 4.78 is 7.68. The Morgan fingerprint density at radius 2 is 2.47 bits per heavy atom. The number of carbonyl (C=O) groups is 1. The predicted octanol–water partition coefficient (Wildman–Crippen LogP) is 2.02. The number of amides is 1. The molecule has 0 saturated heterocycles. The van der Waals surface area contributed by atoms with Crippen molar-refractivity contribution in [2.45, 2.75) is 13.0 Å². The fourth-order valence-electron chi connectivity index (χ4n) is 1.41. The van der Waals surface area contributed by atoms with E-state index in [0.717, 1.165) is 4.47 Å². The van der Waals surface area contributed by atoms with E-state index in [2.05, 4.69) is 37.9 Å². The van der Waals surface area contributed by atoms with Crippen LogP contribution in [0.4, 0.5) is 5.95 Å². The zero-order chi connectivity index (χ0) is 13.8. The summed E-state index contributed by atoms with van der Waals surface area (Å²) in [6, 6.07) is 3.65. The highest BCUT2D eigenvalue weighted by atomic mass is 79.9. The molecule has 100 valence electrons. The number of nitrogens with zero attached hydrogens (tertiary/aromatic N) is 3. The molecule has 0 radical (unpaired) electrons. The Hall–Kier alpha value is -1.73. The first-order valence-corrected chi connectivity index (χ1v) is 6.44. The van der Waals surface area contributed by atoms with E-state index >= 15 is 0 Å². The minimum atomic E-state index is -0.587. The summed E-state index contributed by atoms with van der Waals surface area (Å²) in [5, 5.41) is 6.75. The number of anilines is 1. The first kappa shape index (κ1) is 13.7. The maximum absolute atomic E-state index is 11.8. The molecule has 0 aromatic carbocycles. The number of pyridine rings is 1. The molecule has 2 aromatic rings. The zero-order valence-corrected chi connectivity index (χ0v) is 11.9. The van der Waals surface area contributed by atoms with Gasteiger partial charge in [0.05, 0.1) is 6.61 Å². The van der Waals surface area contributed by atoms with Gasteiger partial charge in [-0.1, -0.05) is 6.08 Å². The summed E-state index contributed by atoms with van der Waals surface area (Å²) in [6.45, 7) is 5.50. The molecule has 1 N–H and O–H groups in total. The fraction of sp³-hybridized carbons (Fsp3) is 0.250. The number of halogens is 1. The highest BCUT2D eigenvalue weighted by Gasteiger charge is 2.15. The highest BCUT2D eigenvalue weighted by molar-refractivity contribution is 9.10. The second kappa shape index (κ2) is 5.94. The Labute approximate surface area is 118 Å². The predicted molar refractivity (Wildman–Crippen MR) is 74.9 cm³/mol. The Bertz CT molecular complexity index is 611. The van der Waals surface area contributed by atoms with E-state index in [0.29, 0.717) is 12.3 Å². The Morgan fingerprint density at radius 1 is 1.68 bits per heavy atom. The molecule has 0 fully saturated rings. The third-order valence-corrected chi connectivity index (χ3v) is 2.83. The molecule has 0 saturated carbocycles. The molecule has 0 aliphatic rings. The summed E-state index contributed by atoms with van der Waals surface area (Å²) >= 11 is 3.34. The summed E-state index contributed by atoms with van der Waals surface area (Å²) in [5.74, 6) is -0.0472. The van der Waals surface area contributed by atoms with Crippen LogP contribution >= 0.6 is 15.9 Å². The molecule has 2 rings (SSSR count). The van der Waals surface area contributed by atoms with Crippen LogP contribution in [0, 0.1) is 0 Å². The molecule has 1 amide bonds. The Balaban J connectivity index is 2.08. The summed E-state index contributed by atoms with van der Waals surface area (Å²) in [5.41, 5.74) is 0.651. The van der Waals surface area contributed by atoms with Crippen LogP contribution in [-0.2, 0) is 9.53 Å². The lowest BCUT2D eigenvalue weighted by atomic mass is 10.4. The second-order valence-corrected chi connectivity index (χ2v) is 4.75. The van der Waals surface area contributed by atoms with Gasteiger partial charge in [0, 0.05) is 10.7 Å². The van der Waals surface area contributed by atoms with Crippen molar-refractivity contribution in [3.05, 3.63) is 35.5 Å². The van der Waals surface area contributed by atoms with Crippen molar-refractivity contribution in [1.82, 2.24) is 14.6 Å². The van der Waals surface area contributed by atoms with Gasteiger partial charge in [-0.2, -0.15) is 4.98 Å². The molecule has 0 unspecified atom stereocenters. The van der Waals surface area contributed by atoms with Gasteiger partial charge in [0.2, 0.25) is 5.95 Å². The number of hydrogen-bond donors (Lipinski definition) is 1. The summed E-state index contributed by atoms with van der Waals surface area (Å²) in [6.07, 6.45) is 2.76. The van der Waals surface area contributed by atoms with Crippen LogP contribution in [0.15, 0.2) is 35.5 Å². The van der Waals surface area contributed by atoms with Gasteiger partial charge in [0.1, 0.15) is 6.10 Å². The van der Waals surface area contributed by atoms with Gasteiger partial charge in [0.15, 0.2) is 5.65 Å². The summed E-state index contributed by atoms with van der Waals surface area (Å²) in [4.78, 5) is 16.0. The van der Waals surface area contributed by atoms with Crippen LogP contribution in [0.2, 0.25) is 0 Å². The molecular formula is C12H13BrN4O2. The molecule has 6 nitrogen and oxygen atoms in total. The van der Waals surface area contributed by atoms with Gasteiger partial charge in [-0.05, 0) is 35.0 Å². The Kier molecular flexibility index (Phi) is 4.28. The number of hydrogen-bond acceptors (Lipinski definition) is 4. The van der Waals surface area contributed by atoms with Crippen LogP contribution in [-0.4, -0.2) is 33.2 Å². The molecule has 2 heterocycles. The van der Waals surface area contributed by atoms with Crippen molar-refractivity contribution >= 4 is 33.4 Å². The largest absolute Gasteiger partial charge is 0.365 e. The van der Waals surface area contributed by atoms with Crippen molar-refractivity contribution in [2.24, 2.45) is 0 Å². The van der Waals surface area contributed by atoms with Gasteiger partial charge in [-0.15, -0.1) is 11.7 Å². The lowest BCUT2D eigenvalue weighted by Gasteiger charge is -2.09. The molecular weight excluding hydrogens is 312 g/mol. The topological polar surface area (TPSA) is 68.5 Å². The third-order valence-electron chi connectivity index (χ3n) is 2.36. The molecule has 0 aliphatic heterocycles. The van der Waals surface area contributed by atoms with E-state index in [1.807, 2.05) is 6.07 Å². The molecule has 0 spiro atoms. The zero-order valence-electron chi connectivity index (χ0n) is 10.3. The maximum atomic E-state index is 11.8. The SMILES string of the molecule is C=CCO[C@H](C)C(=O)Nc1nc2ccc(Br)cn2n1. The van der Waals surface area contributed by atoms with E-state index in [9.17, 15) is 4.79 Å². The normalized spacial score (nSPS) is 12.3. The fourth-order valence-corrected chi connectivity index (χ4v) is 1.74. The van der Waals surface area contributed by atoms with Crippen LogP contribution in [0.5, 0.6) is 0 Å².